The number of nitrogens with one attached hydrogen (secondary N) is 1. The van der Waals surface area contributed by atoms with Crippen LogP contribution >= 0.6 is 11.8 Å². The molecular weight excluding hydrogens is 591 g/mol. The molecule has 2 aliphatic rings. The monoisotopic (exact) mass is 624 g/mol. The van der Waals surface area contributed by atoms with Crippen LogP contribution < -0.4 is 25.0 Å². The molecule has 12 heteroatoms. The Hall–Kier alpha value is -4.32. The van der Waals surface area contributed by atoms with Crippen molar-refractivity contribution in [2.75, 3.05) is 20.5 Å². The van der Waals surface area contributed by atoms with Gasteiger partial charge in [0.15, 0.2) is 16.9 Å². The summed E-state index contributed by atoms with van der Waals surface area (Å²) in [5.41, 5.74) is 2.89. The van der Waals surface area contributed by atoms with Crippen molar-refractivity contribution in [1.82, 2.24) is 5.32 Å². The lowest BCUT2D eigenvalue weighted by Gasteiger charge is -2.23. The number of hydrogen-bond donors (Lipinski definition) is 1. The van der Waals surface area contributed by atoms with Gasteiger partial charge >= 0.3 is 0 Å². The quantitative estimate of drug-likeness (QED) is 0.163. The number of methoxy groups -OCH3 is 2. The van der Waals surface area contributed by atoms with Crippen molar-refractivity contribution in [3.05, 3.63) is 90.9 Å². The fourth-order valence-electron chi connectivity index (χ4n) is 5.94. The summed E-state index contributed by atoms with van der Waals surface area (Å²) in [6, 6.07) is 9.86. The Bertz CT molecular complexity index is 1640. The van der Waals surface area contributed by atoms with Crippen LogP contribution in [-0.2, 0) is 17.9 Å². The molecule has 1 N–H and O–H groups in total. The van der Waals surface area contributed by atoms with Crippen LogP contribution in [0.2, 0.25) is 0 Å². The second kappa shape index (κ2) is 13.5. The highest BCUT2D eigenvalue weighted by Gasteiger charge is 2.31. The zero-order valence-corrected chi connectivity index (χ0v) is 25.5. The Morgan fingerprint density at radius 3 is 2.50 bits per heavy atom. The predicted octanol–water partition coefficient (Wildman–Crippen LogP) is 6.04. The first kappa shape index (κ1) is 31.1. The number of nitrogens with zero attached hydrogens (tertiary/aromatic N) is 1. The van der Waals surface area contributed by atoms with Crippen molar-refractivity contribution >= 4 is 17.7 Å². The zero-order chi connectivity index (χ0) is 31.4. The lowest BCUT2D eigenvalue weighted by atomic mass is 9.96. The molecule has 1 saturated carbocycles. The first-order valence-corrected chi connectivity index (χ1v) is 15.5. The topological polar surface area (TPSA) is 126 Å². The highest BCUT2D eigenvalue weighted by molar-refractivity contribution is 7.98. The van der Waals surface area contributed by atoms with Gasteiger partial charge in [-0.1, -0.05) is 6.07 Å². The maximum absolute atomic E-state index is 14.4. The molecule has 3 aromatic rings. The molecule has 0 aliphatic heterocycles. The number of rotatable bonds is 10. The van der Waals surface area contributed by atoms with Gasteiger partial charge in [0.2, 0.25) is 5.75 Å². The molecule has 0 heterocycles. The number of thioether (sulfide) groups is 1. The zero-order valence-electron chi connectivity index (χ0n) is 24.6. The first-order chi connectivity index (χ1) is 21.2. The molecule has 232 valence electrons. The number of hydrogen-bond acceptors (Lipinski definition) is 9. The van der Waals surface area contributed by atoms with E-state index < -0.39 is 29.5 Å². The van der Waals surface area contributed by atoms with E-state index in [-0.39, 0.29) is 22.7 Å². The van der Waals surface area contributed by atoms with Gasteiger partial charge in [0.1, 0.15) is 12.4 Å². The number of ether oxygens (including phenoxy) is 3. The van der Waals surface area contributed by atoms with Crippen LogP contribution in [-0.4, -0.2) is 37.6 Å². The molecule has 5 rings (SSSR count). The Balaban J connectivity index is 1.61. The molecule has 0 radical (unpaired) electrons. The lowest BCUT2D eigenvalue weighted by molar-refractivity contribution is -0.763. The van der Waals surface area contributed by atoms with Gasteiger partial charge < -0.3 is 24.4 Å². The van der Waals surface area contributed by atoms with Gasteiger partial charge in [0.25, 0.3) is 11.0 Å². The largest absolute Gasteiger partial charge is 0.493 e. The van der Waals surface area contributed by atoms with E-state index >= 15 is 0 Å². The maximum Gasteiger partial charge on any atom is 0.294 e. The van der Waals surface area contributed by atoms with E-state index in [1.807, 2.05) is 18.4 Å². The highest BCUT2D eigenvalue weighted by Crippen LogP contribution is 2.50. The second-order valence-corrected chi connectivity index (χ2v) is 11.5. The van der Waals surface area contributed by atoms with Gasteiger partial charge in [-0.15, -0.1) is 21.9 Å². The molecule has 0 unspecified atom stereocenters. The van der Waals surface area contributed by atoms with Crippen molar-refractivity contribution in [2.45, 2.75) is 62.2 Å². The molecule has 44 heavy (non-hydrogen) atoms. The van der Waals surface area contributed by atoms with Crippen LogP contribution in [0.25, 0.3) is 11.1 Å². The number of halogens is 1. The van der Waals surface area contributed by atoms with Crippen LogP contribution in [0.1, 0.15) is 65.2 Å². The van der Waals surface area contributed by atoms with E-state index in [9.17, 15) is 24.1 Å². The van der Waals surface area contributed by atoms with Crippen LogP contribution in [0.15, 0.2) is 52.2 Å². The van der Waals surface area contributed by atoms with Gasteiger partial charge in [-0.05, 0) is 103 Å². The standard InChI is InChI=1S/C32H33FN2O8S/c1-40-28-16-24-22-9-11-29(44-3)27(36)15-25(22)26(10-8-23(24)30(31(28)41-2)43-21-6-4-5-7-21)34-32(37)19-12-18(13-20(33)14-19)17-42-35(38)39/h9,11-16,21,26H,4-8,10,17H2,1-3H3,(H,34,37)/t26-/m0/s1. The molecule has 1 fully saturated rings. The Morgan fingerprint density at radius 1 is 1.05 bits per heavy atom. The third-order valence-corrected chi connectivity index (χ3v) is 8.76. The van der Waals surface area contributed by atoms with Gasteiger partial charge in [0, 0.05) is 11.1 Å². The molecule has 0 spiro atoms. The van der Waals surface area contributed by atoms with Crippen molar-refractivity contribution in [3.8, 4) is 28.4 Å². The van der Waals surface area contributed by atoms with E-state index in [0.29, 0.717) is 40.5 Å². The van der Waals surface area contributed by atoms with Gasteiger partial charge in [0.05, 0.1) is 31.3 Å². The molecule has 1 amide bonds. The van der Waals surface area contributed by atoms with Crippen LogP contribution in [0.5, 0.6) is 17.2 Å². The maximum atomic E-state index is 14.4. The summed E-state index contributed by atoms with van der Waals surface area (Å²) in [4.78, 5) is 42.3. The van der Waals surface area contributed by atoms with Crippen LogP contribution in [0.4, 0.5) is 4.39 Å². The van der Waals surface area contributed by atoms with E-state index in [2.05, 4.69) is 10.2 Å². The number of benzene rings is 2. The Kier molecular flexibility index (Phi) is 9.58. The SMILES string of the molecule is COc1cc2c(c(OC3CCCC3)c1OC)CC[C@H](NC(=O)c1cc(F)cc(CO[N+](=O)[O-])c1)c1cc(=O)c(SC)ccc1-2. The van der Waals surface area contributed by atoms with Gasteiger partial charge in [-0.25, -0.2) is 4.39 Å². The fourth-order valence-corrected chi connectivity index (χ4v) is 6.41. The summed E-state index contributed by atoms with van der Waals surface area (Å²) in [5, 5.41) is 12.6. The average Bonchev–Trinajstić information content (AvgIpc) is 3.40. The third kappa shape index (κ3) is 6.59. The lowest BCUT2D eigenvalue weighted by Crippen LogP contribution is -2.29. The summed E-state index contributed by atoms with van der Waals surface area (Å²) in [6.45, 7) is -0.507. The number of carbonyl (C=O) groups is 1. The molecule has 0 aromatic heterocycles. The van der Waals surface area contributed by atoms with Crippen LogP contribution in [0, 0.1) is 15.9 Å². The number of amides is 1. The normalized spacial score (nSPS) is 15.9. The summed E-state index contributed by atoms with van der Waals surface area (Å²) in [6.07, 6.45) is 6.73. The first-order valence-electron chi connectivity index (χ1n) is 14.3. The van der Waals surface area contributed by atoms with E-state index in [0.717, 1.165) is 54.5 Å². The van der Waals surface area contributed by atoms with Crippen molar-refractivity contribution in [3.63, 3.8) is 0 Å². The number of carbonyl (C=O) groups excluding carboxylic acids is 1. The Labute approximate surface area is 258 Å². The Morgan fingerprint density at radius 2 is 1.82 bits per heavy atom. The average molecular weight is 625 g/mol. The fraction of sp³-hybridized carbons (Fsp3) is 0.375. The highest BCUT2D eigenvalue weighted by atomic mass is 32.2. The third-order valence-electron chi connectivity index (χ3n) is 7.99. The van der Waals surface area contributed by atoms with Gasteiger partial charge in [-0.3, -0.25) is 9.59 Å². The molecule has 0 bridgehead atoms. The molecule has 10 nitrogen and oxygen atoms in total. The van der Waals surface area contributed by atoms with E-state index in [4.69, 9.17) is 14.2 Å². The van der Waals surface area contributed by atoms with E-state index in [1.54, 1.807) is 20.3 Å². The minimum Gasteiger partial charge on any atom is -0.493 e. The summed E-state index contributed by atoms with van der Waals surface area (Å²) >= 11 is 1.32. The minimum absolute atomic E-state index is 0.0306. The molecular formula is C32H33FN2O8S. The molecule has 0 saturated heterocycles. The molecule has 3 aromatic carbocycles. The van der Waals surface area contributed by atoms with Crippen molar-refractivity contribution < 1.29 is 33.3 Å². The summed E-state index contributed by atoms with van der Waals surface area (Å²) in [7, 11) is 3.12. The van der Waals surface area contributed by atoms with E-state index in [1.165, 1.54) is 23.9 Å². The van der Waals surface area contributed by atoms with Crippen molar-refractivity contribution in [2.24, 2.45) is 0 Å². The molecule has 2 aliphatic carbocycles. The number of fused-ring (bicyclic) bond motifs is 3. The van der Waals surface area contributed by atoms with Crippen molar-refractivity contribution in [1.29, 1.82) is 0 Å². The summed E-state index contributed by atoms with van der Waals surface area (Å²) in [5.74, 6) is 0.220. The minimum atomic E-state index is -0.983. The predicted molar refractivity (Wildman–Crippen MR) is 163 cm³/mol. The smallest absolute Gasteiger partial charge is 0.294 e. The van der Waals surface area contributed by atoms with Gasteiger partial charge in [-0.2, -0.15) is 0 Å². The van der Waals surface area contributed by atoms with Crippen LogP contribution in [0.3, 0.4) is 0 Å². The summed E-state index contributed by atoms with van der Waals surface area (Å²) < 4.78 is 32.5. The second-order valence-electron chi connectivity index (χ2n) is 10.7. The molecule has 1 atom stereocenters.